The summed E-state index contributed by atoms with van der Waals surface area (Å²) in [5, 5.41) is 16.3. The summed E-state index contributed by atoms with van der Waals surface area (Å²) in [6, 6.07) is 10.0. The van der Waals surface area contributed by atoms with E-state index >= 15 is 0 Å². The maximum atomic E-state index is 12.2. The predicted molar refractivity (Wildman–Crippen MR) is 105 cm³/mol. The lowest BCUT2D eigenvalue weighted by Gasteiger charge is -2.06. The summed E-state index contributed by atoms with van der Waals surface area (Å²) < 4.78 is 1.70. The van der Waals surface area contributed by atoms with Gasteiger partial charge in [0.2, 0.25) is 11.1 Å². The molecule has 6 nitrogen and oxygen atoms in total. The monoisotopic (exact) mass is 369 g/mol. The Bertz CT molecular complexity index is 904. The Morgan fingerprint density at radius 3 is 2.69 bits per heavy atom. The fraction of sp³-hybridized carbons (Fsp3) is 0.368. The Morgan fingerprint density at radius 2 is 1.96 bits per heavy atom. The second-order valence-corrected chi connectivity index (χ2v) is 7.27. The van der Waals surface area contributed by atoms with E-state index in [2.05, 4.69) is 39.7 Å². The predicted octanol–water partition coefficient (Wildman–Crippen LogP) is 3.81. The SMILES string of the molecule is CCCCc1ccc(NC(=O)CSc2nnc3c(C)cc(C)nn23)cc1. The van der Waals surface area contributed by atoms with Crippen LogP contribution in [0.1, 0.15) is 36.6 Å². The first-order chi connectivity index (χ1) is 12.6. The summed E-state index contributed by atoms with van der Waals surface area (Å²) in [5.74, 6) is 0.185. The number of nitrogens with zero attached hydrogens (tertiary/aromatic N) is 4. The fourth-order valence-electron chi connectivity index (χ4n) is 2.72. The van der Waals surface area contributed by atoms with E-state index in [4.69, 9.17) is 0 Å². The highest BCUT2D eigenvalue weighted by Gasteiger charge is 2.12. The zero-order valence-electron chi connectivity index (χ0n) is 15.3. The number of carbonyl (C=O) groups excluding carboxylic acids is 1. The average molecular weight is 369 g/mol. The minimum Gasteiger partial charge on any atom is -0.325 e. The molecule has 136 valence electrons. The third-order valence-electron chi connectivity index (χ3n) is 4.04. The number of fused-ring (bicyclic) bond motifs is 1. The van der Waals surface area contributed by atoms with Crippen LogP contribution in [0.4, 0.5) is 5.69 Å². The van der Waals surface area contributed by atoms with Crippen molar-refractivity contribution in [1.29, 1.82) is 0 Å². The molecule has 0 fully saturated rings. The van der Waals surface area contributed by atoms with Crippen molar-refractivity contribution in [2.45, 2.75) is 45.2 Å². The first-order valence-electron chi connectivity index (χ1n) is 8.78. The van der Waals surface area contributed by atoms with Crippen LogP contribution in [0, 0.1) is 13.8 Å². The number of hydrogen-bond acceptors (Lipinski definition) is 5. The van der Waals surface area contributed by atoms with E-state index in [1.165, 1.54) is 30.2 Å². The lowest BCUT2D eigenvalue weighted by molar-refractivity contribution is -0.113. The summed E-state index contributed by atoms with van der Waals surface area (Å²) in [4.78, 5) is 12.2. The maximum absolute atomic E-state index is 12.2. The summed E-state index contributed by atoms with van der Waals surface area (Å²) in [6.45, 7) is 6.09. The topological polar surface area (TPSA) is 72.2 Å². The highest BCUT2D eigenvalue weighted by Crippen LogP contribution is 2.19. The number of thioether (sulfide) groups is 1. The molecule has 0 aliphatic carbocycles. The molecule has 0 aliphatic heterocycles. The molecule has 2 heterocycles. The number of carbonyl (C=O) groups is 1. The minimum absolute atomic E-state index is 0.0718. The van der Waals surface area contributed by atoms with Crippen molar-refractivity contribution in [1.82, 2.24) is 19.8 Å². The molecule has 0 saturated heterocycles. The molecule has 0 atom stereocenters. The summed E-state index contributed by atoms with van der Waals surface area (Å²) in [7, 11) is 0. The van der Waals surface area contributed by atoms with E-state index in [9.17, 15) is 4.79 Å². The van der Waals surface area contributed by atoms with Crippen molar-refractivity contribution >= 4 is 29.0 Å². The molecule has 0 bridgehead atoms. The number of aromatic nitrogens is 4. The Balaban J connectivity index is 1.59. The van der Waals surface area contributed by atoms with Crippen LogP contribution in [0.5, 0.6) is 0 Å². The quantitative estimate of drug-likeness (QED) is 0.641. The van der Waals surface area contributed by atoms with Crippen LogP contribution in [-0.4, -0.2) is 31.5 Å². The van der Waals surface area contributed by atoms with Crippen molar-refractivity contribution in [2.75, 3.05) is 11.1 Å². The molecule has 1 aromatic carbocycles. The fourth-order valence-corrected chi connectivity index (χ4v) is 3.40. The van der Waals surface area contributed by atoms with Gasteiger partial charge >= 0.3 is 0 Å². The third kappa shape index (κ3) is 4.40. The first kappa shape index (κ1) is 18.4. The van der Waals surface area contributed by atoms with Crippen LogP contribution in [-0.2, 0) is 11.2 Å². The molecule has 0 aliphatic rings. The van der Waals surface area contributed by atoms with Crippen LogP contribution in [0.2, 0.25) is 0 Å². The standard InChI is InChI=1S/C19H23N5OS/c1-4-5-6-15-7-9-16(10-8-15)20-17(25)12-26-19-22-21-18-13(2)11-14(3)23-24(18)19/h7-11H,4-6,12H2,1-3H3,(H,20,25). The van der Waals surface area contributed by atoms with Gasteiger partial charge in [-0.2, -0.15) is 9.61 Å². The third-order valence-corrected chi connectivity index (χ3v) is 4.96. The summed E-state index contributed by atoms with van der Waals surface area (Å²) >= 11 is 1.33. The molecular formula is C19H23N5OS. The number of anilines is 1. The van der Waals surface area contributed by atoms with Gasteiger partial charge in [0, 0.05) is 5.69 Å². The number of aryl methyl sites for hydroxylation is 3. The molecule has 3 aromatic rings. The lowest BCUT2D eigenvalue weighted by atomic mass is 10.1. The molecule has 0 saturated carbocycles. The van der Waals surface area contributed by atoms with Crippen molar-refractivity contribution < 1.29 is 4.79 Å². The van der Waals surface area contributed by atoms with Gasteiger partial charge < -0.3 is 5.32 Å². The number of benzene rings is 1. The Labute approximate surface area is 157 Å². The first-order valence-corrected chi connectivity index (χ1v) is 9.76. The summed E-state index contributed by atoms with van der Waals surface area (Å²) in [5.41, 5.74) is 4.74. The lowest BCUT2D eigenvalue weighted by Crippen LogP contribution is -2.14. The second-order valence-electron chi connectivity index (χ2n) is 6.32. The largest absolute Gasteiger partial charge is 0.325 e. The summed E-state index contributed by atoms with van der Waals surface area (Å²) in [6.07, 6.45) is 3.44. The van der Waals surface area contributed by atoms with Gasteiger partial charge in [-0.05, 0) is 56.0 Å². The van der Waals surface area contributed by atoms with E-state index in [0.29, 0.717) is 5.16 Å². The van der Waals surface area contributed by atoms with Gasteiger partial charge in [-0.3, -0.25) is 4.79 Å². The van der Waals surface area contributed by atoms with E-state index in [1.807, 2.05) is 32.0 Å². The van der Waals surface area contributed by atoms with E-state index in [0.717, 1.165) is 29.0 Å². The molecule has 26 heavy (non-hydrogen) atoms. The number of rotatable bonds is 7. The number of nitrogens with one attached hydrogen (secondary N) is 1. The van der Waals surface area contributed by atoms with Crippen molar-refractivity contribution in [2.24, 2.45) is 0 Å². The molecule has 0 spiro atoms. The molecule has 0 unspecified atom stereocenters. The van der Waals surface area contributed by atoms with Gasteiger partial charge in [-0.25, -0.2) is 0 Å². The smallest absolute Gasteiger partial charge is 0.234 e. The average Bonchev–Trinajstić information content (AvgIpc) is 3.02. The van der Waals surface area contributed by atoms with Crippen LogP contribution in [0.25, 0.3) is 5.65 Å². The molecule has 3 rings (SSSR count). The van der Waals surface area contributed by atoms with Crippen LogP contribution >= 0.6 is 11.8 Å². The zero-order valence-corrected chi connectivity index (χ0v) is 16.1. The Morgan fingerprint density at radius 1 is 1.19 bits per heavy atom. The van der Waals surface area contributed by atoms with Crippen molar-refractivity contribution in [3.63, 3.8) is 0 Å². The van der Waals surface area contributed by atoms with Crippen LogP contribution in [0.3, 0.4) is 0 Å². The normalized spacial score (nSPS) is 11.0. The molecule has 2 aromatic heterocycles. The Hall–Kier alpha value is -2.41. The van der Waals surface area contributed by atoms with Gasteiger partial charge in [-0.1, -0.05) is 37.2 Å². The molecule has 0 radical (unpaired) electrons. The van der Waals surface area contributed by atoms with Crippen LogP contribution in [0.15, 0.2) is 35.5 Å². The van der Waals surface area contributed by atoms with Gasteiger partial charge in [0.05, 0.1) is 11.4 Å². The van der Waals surface area contributed by atoms with Gasteiger partial charge in [0.15, 0.2) is 5.65 Å². The highest BCUT2D eigenvalue weighted by atomic mass is 32.2. The molecule has 1 amide bonds. The maximum Gasteiger partial charge on any atom is 0.234 e. The van der Waals surface area contributed by atoms with E-state index in [-0.39, 0.29) is 11.7 Å². The van der Waals surface area contributed by atoms with Crippen molar-refractivity contribution in [3.8, 4) is 0 Å². The Kier molecular flexibility index (Phi) is 5.88. The second kappa shape index (κ2) is 8.31. The number of amides is 1. The molecule has 7 heteroatoms. The minimum atomic E-state index is -0.0718. The van der Waals surface area contributed by atoms with Gasteiger partial charge in [0.1, 0.15) is 0 Å². The molecular weight excluding hydrogens is 346 g/mol. The number of unbranched alkanes of at least 4 members (excludes halogenated alkanes) is 1. The van der Waals surface area contributed by atoms with E-state index in [1.54, 1.807) is 4.52 Å². The van der Waals surface area contributed by atoms with Gasteiger partial charge in [-0.15, -0.1) is 10.2 Å². The molecule has 1 N–H and O–H groups in total. The van der Waals surface area contributed by atoms with Crippen LogP contribution < -0.4 is 5.32 Å². The van der Waals surface area contributed by atoms with Gasteiger partial charge in [0.25, 0.3) is 0 Å². The number of hydrogen-bond donors (Lipinski definition) is 1. The zero-order chi connectivity index (χ0) is 18.5. The van der Waals surface area contributed by atoms with Crippen molar-refractivity contribution in [3.05, 3.63) is 47.2 Å². The van der Waals surface area contributed by atoms with E-state index < -0.39 is 0 Å². The highest BCUT2D eigenvalue weighted by molar-refractivity contribution is 7.99.